The zero-order chi connectivity index (χ0) is 19.0. The molecule has 1 aliphatic carbocycles. The fourth-order valence-electron chi connectivity index (χ4n) is 3.91. The van der Waals surface area contributed by atoms with Gasteiger partial charge in [-0.25, -0.2) is 4.98 Å². The van der Waals surface area contributed by atoms with Crippen molar-refractivity contribution >= 4 is 29.0 Å². The van der Waals surface area contributed by atoms with Crippen LogP contribution >= 0.6 is 23.2 Å². The van der Waals surface area contributed by atoms with Crippen LogP contribution in [0.4, 0.5) is 5.82 Å². The molecule has 1 heterocycles. The van der Waals surface area contributed by atoms with Crippen LogP contribution in [0.25, 0.3) is 11.1 Å². The second kappa shape index (κ2) is 7.23. The molecule has 2 N–H and O–H groups in total. The van der Waals surface area contributed by atoms with Gasteiger partial charge in [0.25, 0.3) is 0 Å². The van der Waals surface area contributed by atoms with Gasteiger partial charge in [-0.1, -0.05) is 59.6 Å². The van der Waals surface area contributed by atoms with E-state index in [9.17, 15) is 5.26 Å². The zero-order valence-electron chi connectivity index (χ0n) is 14.5. The van der Waals surface area contributed by atoms with Crippen molar-refractivity contribution in [3.8, 4) is 17.2 Å². The molecule has 0 spiro atoms. The number of fused-ring (bicyclic) bond motifs is 1. The monoisotopic (exact) mass is 393 g/mol. The number of hydrogen-bond donors (Lipinski definition) is 1. The molecule has 2 aromatic carbocycles. The van der Waals surface area contributed by atoms with Gasteiger partial charge in [0.15, 0.2) is 0 Å². The Hall–Kier alpha value is -2.54. The molecule has 0 fully saturated rings. The molecule has 0 bridgehead atoms. The average Bonchev–Trinajstić information content (AvgIpc) is 2.68. The maximum absolute atomic E-state index is 9.77. The number of rotatable bonds is 2. The van der Waals surface area contributed by atoms with E-state index in [0.29, 0.717) is 27.1 Å². The van der Waals surface area contributed by atoms with Gasteiger partial charge in [0, 0.05) is 26.9 Å². The Morgan fingerprint density at radius 3 is 2.37 bits per heavy atom. The minimum absolute atomic E-state index is 0.236. The first kappa shape index (κ1) is 17.9. The summed E-state index contributed by atoms with van der Waals surface area (Å²) in [6.07, 6.45) is 2.57. The molecule has 5 heteroatoms. The molecule has 1 unspecified atom stereocenters. The first-order valence-electron chi connectivity index (χ1n) is 8.80. The van der Waals surface area contributed by atoms with Gasteiger partial charge in [-0.05, 0) is 48.4 Å². The van der Waals surface area contributed by atoms with Crippen LogP contribution < -0.4 is 5.73 Å². The fourth-order valence-corrected chi connectivity index (χ4v) is 4.50. The quantitative estimate of drug-likeness (QED) is 0.599. The Morgan fingerprint density at radius 2 is 1.70 bits per heavy atom. The van der Waals surface area contributed by atoms with Crippen molar-refractivity contribution in [2.75, 3.05) is 5.73 Å². The van der Waals surface area contributed by atoms with Gasteiger partial charge in [-0.3, -0.25) is 0 Å². The molecule has 1 aliphatic rings. The van der Waals surface area contributed by atoms with Gasteiger partial charge in [0.2, 0.25) is 0 Å². The molecular weight excluding hydrogens is 377 g/mol. The van der Waals surface area contributed by atoms with Crippen LogP contribution in [0.5, 0.6) is 0 Å². The Morgan fingerprint density at radius 1 is 1.00 bits per heavy atom. The SMILES string of the molecule is N#Cc1c(N)nc2c(c1-c1c(Cl)cccc1Cl)CC(c1ccccc1)CC2. The number of hydrogen-bond acceptors (Lipinski definition) is 3. The minimum atomic E-state index is 0.236. The number of pyridine rings is 1. The van der Waals surface area contributed by atoms with E-state index in [1.165, 1.54) is 5.56 Å². The van der Waals surface area contributed by atoms with Gasteiger partial charge in [0.1, 0.15) is 17.5 Å². The summed E-state index contributed by atoms with van der Waals surface area (Å²) < 4.78 is 0. The van der Waals surface area contributed by atoms with Crippen molar-refractivity contribution in [3.05, 3.63) is 81.0 Å². The topological polar surface area (TPSA) is 62.7 Å². The van der Waals surface area contributed by atoms with E-state index < -0.39 is 0 Å². The highest BCUT2D eigenvalue weighted by atomic mass is 35.5. The lowest BCUT2D eigenvalue weighted by Gasteiger charge is -2.28. The van der Waals surface area contributed by atoms with Crippen LogP contribution in [0.2, 0.25) is 10.0 Å². The third kappa shape index (κ3) is 3.16. The predicted molar refractivity (Wildman–Crippen MR) is 110 cm³/mol. The molecule has 0 radical (unpaired) electrons. The Labute approximate surface area is 168 Å². The number of nitrogen functional groups attached to an aromatic ring is 1. The highest BCUT2D eigenvalue weighted by molar-refractivity contribution is 6.39. The zero-order valence-corrected chi connectivity index (χ0v) is 16.1. The van der Waals surface area contributed by atoms with Crippen LogP contribution in [-0.2, 0) is 12.8 Å². The lowest BCUT2D eigenvalue weighted by molar-refractivity contribution is 0.576. The lowest BCUT2D eigenvalue weighted by Crippen LogP contribution is -2.17. The molecular formula is C22H17Cl2N3. The standard InChI is InChI=1S/C22H17Cl2N3/c23-17-7-4-8-18(24)21(17)20-15-11-14(13-5-2-1-3-6-13)9-10-19(15)27-22(26)16(20)12-25/h1-8,14H,9-11H2,(H2,26,27). The van der Waals surface area contributed by atoms with Gasteiger partial charge in [0.05, 0.1) is 0 Å². The van der Waals surface area contributed by atoms with Gasteiger partial charge < -0.3 is 5.73 Å². The largest absolute Gasteiger partial charge is 0.383 e. The summed E-state index contributed by atoms with van der Waals surface area (Å²) in [5.74, 6) is 0.594. The maximum Gasteiger partial charge on any atom is 0.142 e. The van der Waals surface area contributed by atoms with Crippen LogP contribution in [0, 0.1) is 11.3 Å². The number of aromatic nitrogens is 1. The van der Waals surface area contributed by atoms with E-state index in [1.54, 1.807) is 18.2 Å². The average molecular weight is 394 g/mol. The minimum Gasteiger partial charge on any atom is -0.383 e. The van der Waals surface area contributed by atoms with Gasteiger partial charge in [-0.2, -0.15) is 5.26 Å². The molecule has 4 rings (SSSR count). The Kier molecular flexibility index (Phi) is 4.78. The van der Waals surface area contributed by atoms with Crippen molar-refractivity contribution in [1.82, 2.24) is 4.98 Å². The van der Waals surface area contributed by atoms with Crippen molar-refractivity contribution < 1.29 is 0 Å². The second-order valence-corrected chi connectivity index (χ2v) is 7.55. The number of aryl methyl sites for hydroxylation is 1. The van der Waals surface area contributed by atoms with E-state index in [2.05, 4.69) is 35.3 Å². The molecule has 0 saturated carbocycles. The number of nitrogens with zero attached hydrogens (tertiary/aromatic N) is 2. The Balaban J connectivity index is 1.94. The summed E-state index contributed by atoms with van der Waals surface area (Å²) in [6.45, 7) is 0. The van der Waals surface area contributed by atoms with Crippen molar-refractivity contribution in [1.29, 1.82) is 5.26 Å². The lowest BCUT2D eigenvalue weighted by atomic mass is 9.78. The van der Waals surface area contributed by atoms with E-state index >= 15 is 0 Å². The number of anilines is 1. The van der Waals surface area contributed by atoms with Crippen LogP contribution in [0.1, 0.15) is 34.7 Å². The molecule has 1 atom stereocenters. The van der Waals surface area contributed by atoms with Gasteiger partial charge in [-0.15, -0.1) is 0 Å². The van der Waals surface area contributed by atoms with E-state index in [4.69, 9.17) is 28.9 Å². The summed E-state index contributed by atoms with van der Waals surface area (Å²) >= 11 is 13.0. The van der Waals surface area contributed by atoms with E-state index in [0.717, 1.165) is 36.1 Å². The third-order valence-electron chi connectivity index (χ3n) is 5.19. The fraction of sp³-hybridized carbons (Fsp3) is 0.182. The maximum atomic E-state index is 9.77. The summed E-state index contributed by atoms with van der Waals surface area (Å²) in [6, 6.07) is 18.0. The second-order valence-electron chi connectivity index (χ2n) is 6.73. The summed E-state index contributed by atoms with van der Waals surface area (Å²) in [7, 11) is 0. The smallest absolute Gasteiger partial charge is 0.142 e. The third-order valence-corrected chi connectivity index (χ3v) is 5.82. The first-order chi connectivity index (χ1) is 13.1. The predicted octanol–water partition coefficient (Wildman–Crippen LogP) is 5.78. The molecule has 3 nitrogen and oxygen atoms in total. The van der Waals surface area contributed by atoms with Crippen molar-refractivity contribution in [3.63, 3.8) is 0 Å². The molecule has 0 saturated heterocycles. The summed E-state index contributed by atoms with van der Waals surface area (Å²) in [4.78, 5) is 4.53. The van der Waals surface area contributed by atoms with Crippen LogP contribution in [0.3, 0.4) is 0 Å². The number of nitrogens with two attached hydrogens (primary N) is 1. The molecule has 3 aromatic rings. The Bertz CT molecular complexity index is 1040. The molecule has 1 aromatic heterocycles. The normalized spacial score (nSPS) is 15.8. The van der Waals surface area contributed by atoms with E-state index in [-0.39, 0.29) is 5.82 Å². The highest BCUT2D eigenvalue weighted by Gasteiger charge is 2.28. The van der Waals surface area contributed by atoms with E-state index in [1.807, 2.05) is 6.07 Å². The van der Waals surface area contributed by atoms with Gasteiger partial charge >= 0.3 is 0 Å². The molecule has 134 valence electrons. The number of halogens is 2. The number of benzene rings is 2. The molecule has 0 amide bonds. The van der Waals surface area contributed by atoms with Crippen molar-refractivity contribution in [2.24, 2.45) is 0 Å². The first-order valence-corrected chi connectivity index (χ1v) is 9.56. The molecule has 0 aliphatic heterocycles. The van der Waals surface area contributed by atoms with Crippen LogP contribution in [-0.4, -0.2) is 4.98 Å². The van der Waals surface area contributed by atoms with Crippen molar-refractivity contribution in [2.45, 2.75) is 25.2 Å². The van der Waals surface area contributed by atoms with Crippen LogP contribution in [0.15, 0.2) is 48.5 Å². The molecule has 27 heavy (non-hydrogen) atoms. The number of nitriles is 1. The summed E-state index contributed by atoms with van der Waals surface area (Å²) in [5.41, 5.74) is 11.1. The summed E-state index contributed by atoms with van der Waals surface area (Å²) in [5, 5.41) is 10.8. The highest BCUT2D eigenvalue weighted by Crippen LogP contribution is 2.44.